The van der Waals surface area contributed by atoms with E-state index < -0.39 is 15.8 Å². The average Bonchev–Trinajstić information content (AvgIpc) is 2.57. The van der Waals surface area contributed by atoms with Crippen LogP contribution >= 0.6 is 22.6 Å². The van der Waals surface area contributed by atoms with Gasteiger partial charge in [-0.15, -0.1) is 0 Å². The Bertz CT molecular complexity index is 901. The van der Waals surface area contributed by atoms with Crippen LogP contribution in [-0.2, 0) is 10.0 Å². The van der Waals surface area contributed by atoms with Gasteiger partial charge >= 0.3 is 164 Å². The minimum atomic E-state index is -0.744. The zero-order valence-corrected chi connectivity index (χ0v) is 17.3. The Labute approximate surface area is 163 Å². The number of amides is 2. The molecular weight excluding hydrogens is 500 g/mol. The molecule has 0 saturated carbocycles. The molecule has 0 fully saturated rings. The van der Waals surface area contributed by atoms with Gasteiger partial charge in [0.1, 0.15) is 0 Å². The Kier molecular flexibility index (Phi) is 5.38. The molecule has 0 bridgehead atoms. The Morgan fingerprint density at radius 3 is 2.84 bits per heavy atom. The van der Waals surface area contributed by atoms with Crippen LogP contribution in [0.5, 0.6) is 11.6 Å². The molecule has 2 aromatic rings. The monoisotopic (exact) mass is 513 g/mol. The van der Waals surface area contributed by atoms with Gasteiger partial charge in [0.25, 0.3) is 0 Å². The number of rotatable bonds is 4. The number of ether oxygens (including phenoxy) is 1. The number of benzene rings is 1. The van der Waals surface area contributed by atoms with E-state index in [1.165, 1.54) is 13.3 Å². The summed E-state index contributed by atoms with van der Waals surface area (Å²) in [5.74, 6) is -0.257. The number of fused-ring (bicyclic) bond motifs is 1. The van der Waals surface area contributed by atoms with Crippen LogP contribution < -0.4 is 10.1 Å². The van der Waals surface area contributed by atoms with E-state index in [0.717, 1.165) is 3.57 Å². The second-order valence-corrected chi connectivity index (χ2v) is 8.54. The van der Waals surface area contributed by atoms with Gasteiger partial charge < -0.3 is 0 Å². The maximum absolute atomic E-state index is 12.2. The summed E-state index contributed by atoms with van der Waals surface area (Å²) in [4.78, 5) is 34.1. The normalized spacial score (nSPS) is 15.5. The van der Waals surface area contributed by atoms with Crippen LogP contribution in [0, 0.1) is 3.57 Å². The van der Waals surface area contributed by atoms with E-state index in [4.69, 9.17) is 4.74 Å². The summed E-state index contributed by atoms with van der Waals surface area (Å²) < 4.78 is 5.86. The van der Waals surface area contributed by atoms with Crippen molar-refractivity contribution in [1.82, 2.24) is 15.3 Å². The summed E-state index contributed by atoms with van der Waals surface area (Å²) in [7, 11) is 1.43. The molecule has 1 aliphatic heterocycles. The Balaban J connectivity index is 1.83. The molecule has 1 aromatic carbocycles. The molecule has 3 rings (SSSR count). The van der Waals surface area contributed by atoms with Crippen LogP contribution in [0.15, 0.2) is 29.3 Å². The zero-order chi connectivity index (χ0) is 18.0. The molecule has 0 aliphatic carbocycles. The number of nitrogens with zero attached hydrogens (tertiary/aromatic N) is 2. The third-order valence-electron chi connectivity index (χ3n) is 3.50. The van der Waals surface area contributed by atoms with E-state index in [2.05, 4.69) is 37.9 Å². The van der Waals surface area contributed by atoms with Gasteiger partial charge in [-0.3, -0.25) is 0 Å². The van der Waals surface area contributed by atoms with Gasteiger partial charge in [-0.05, 0) is 0 Å². The first kappa shape index (κ1) is 17.9. The molecule has 2 heterocycles. The van der Waals surface area contributed by atoms with E-state index in [1.807, 2.05) is 17.0 Å². The molecule has 0 saturated heterocycles. The Morgan fingerprint density at radius 1 is 1.32 bits per heavy atom. The number of imide groups is 1. The van der Waals surface area contributed by atoms with Gasteiger partial charge in [0.05, 0.1) is 0 Å². The molecule has 0 spiro atoms. The van der Waals surface area contributed by atoms with E-state index in [-0.39, 0.29) is 23.4 Å². The number of carbonyl (C=O) groups excluding carboxylic acids is 2. The summed E-state index contributed by atoms with van der Waals surface area (Å²) in [5, 5.41) is 12.6. The van der Waals surface area contributed by atoms with Crippen LogP contribution in [-0.4, -0.2) is 49.8 Å². The Morgan fingerprint density at radius 2 is 2.12 bits per heavy atom. The topological polar surface area (TPSA) is 101 Å². The number of halogens is 1. The first-order chi connectivity index (χ1) is 12.0. The first-order valence-electron chi connectivity index (χ1n) is 7.17. The standard InChI is InChI=1S/C16H13AsIN3O4/c1-25-12-7-19-13(20-16(12)24)6-17-5-11-10-4-8(18)2-3-9(10)14(22)21-15(11)23/h2-5,7,17H,6H2,1H3,(H,19,20,24)(H,21,22,23)/b11-5+. The molecule has 7 nitrogen and oxygen atoms in total. The zero-order valence-electron chi connectivity index (χ0n) is 13.0. The van der Waals surface area contributed by atoms with E-state index >= 15 is 0 Å². The molecule has 2 N–H and O–H groups in total. The molecule has 25 heavy (non-hydrogen) atoms. The molecule has 128 valence electrons. The van der Waals surface area contributed by atoms with Crippen molar-refractivity contribution < 1.29 is 19.4 Å². The summed E-state index contributed by atoms with van der Waals surface area (Å²) in [6.07, 6.45) is 1.42. The van der Waals surface area contributed by atoms with Crippen molar-refractivity contribution in [3.63, 3.8) is 0 Å². The summed E-state index contributed by atoms with van der Waals surface area (Å²) in [5.41, 5.74) is 1.66. The fourth-order valence-corrected chi connectivity index (χ4v) is 4.79. The molecule has 0 radical (unpaired) electrons. The van der Waals surface area contributed by atoms with Gasteiger partial charge in [0.15, 0.2) is 0 Å². The third-order valence-corrected chi connectivity index (χ3v) is 6.30. The second kappa shape index (κ2) is 7.53. The van der Waals surface area contributed by atoms with Gasteiger partial charge in [0, 0.05) is 0 Å². The Hall–Kier alpha value is -1.93. The molecule has 2 amide bonds. The van der Waals surface area contributed by atoms with Crippen molar-refractivity contribution in [3.8, 4) is 11.6 Å². The summed E-state index contributed by atoms with van der Waals surface area (Å²) in [6, 6.07) is 5.38. The first-order valence-corrected chi connectivity index (χ1v) is 10.9. The molecule has 9 heteroatoms. The number of aromatic hydroxyl groups is 1. The molecule has 1 unspecified atom stereocenters. The van der Waals surface area contributed by atoms with Crippen LogP contribution in [0.4, 0.5) is 0 Å². The molecule has 1 atom stereocenters. The fraction of sp³-hybridized carbons (Fsp3) is 0.125. The quantitative estimate of drug-likeness (QED) is 0.275. The van der Waals surface area contributed by atoms with Crippen molar-refractivity contribution in [2.75, 3.05) is 7.11 Å². The number of methoxy groups -OCH3 is 1. The number of hydrogen-bond acceptors (Lipinski definition) is 6. The third kappa shape index (κ3) is 3.85. The predicted octanol–water partition coefficient (Wildman–Crippen LogP) is 1.04. The number of nitrogens with one attached hydrogen (secondary N) is 1. The van der Waals surface area contributed by atoms with Gasteiger partial charge in [0.2, 0.25) is 0 Å². The van der Waals surface area contributed by atoms with E-state index in [1.54, 1.807) is 6.07 Å². The number of hydrogen-bond donors (Lipinski definition) is 2. The number of aromatic nitrogens is 2. The van der Waals surface area contributed by atoms with Gasteiger partial charge in [-0.1, -0.05) is 0 Å². The summed E-state index contributed by atoms with van der Waals surface area (Å²) in [6.45, 7) is 0. The predicted molar refractivity (Wildman–Crippen MR) is 101 cm³/mol. The molecular formula is C16H13AsIN3O4. The van der Waals surface area contributed by atoms with Crippen LogP contribution in [0.1, 0.15) is 21.7 Å². The van der Waals surface area contributed by atoms with Crippen molar-refractivity contribution in [3.05, 3.63) is 49.8 Å². The average molecular weight is 513 g/mol. The van der Waals surface area contributed by atoms with Crippen LogP contribution in [0.25, 0.3) is 5.57 Å². The minimum absolute atomic E-state index is 0.201. The van der Waals surface area contributed by atoms with Gasteiger partial charge in [-0.2, -0.15) is 0 Å². The van der Waals surface area contributed by atoms with Crippen molar-refractivity contribution in [2.24, 2.45) is 0 Å². The van der Waals surface area contributed by atoms with Crippen molar-refractivity contribution in [2.45, 2.75) is 5.21 Å². The van der Waals surface area contributed by atoms with Gasteiger partial charge in [-0.25, -0.2) is 0 Å². The number of carbonyl (C=O) groups is 2. The van der Waals surface area contributed by atoms with Crippen LogP contribution in [0.2, 0.25) is 0 Å². The second-order valence-electron chi connectivity index (χ2n) is 5.09. The van der Waals surface area contributed by atoms with Crippen molar-refractivity contribution in [1.29, 1.82) is 0 Å². The van der Waals surface area contributed by atoms with Crippen molar-refractivity contribution >= 4 is 55.7 Å². The maximum atomic E-state index is 12.2. The van der Waals surface area contributed by atoms with Crippen LogP contribution in [0.3, 0.4) is 0 Å². The summed E-state index contributed by atoms with van der Waals surface area (Å²) >= 11 is 1.40. The van der Waals surface area contributed by atoms with E-state index in [9.17, 15) is 14.7 Å². The molecule has 1 aromatic heterocycles. The fourth-order valence-electron chi connectivity index (χ4n) is 2.31. The SMILES string of the molecule is COc1cnc(C[AsH]/C=C2/C(=O)NC(=O)c3ccc(I)cc32)nc1O. The molecule has 1 aliphatic rings. The van der Waals surface area contributed by atoms with E-state index in [0.29, 0.717) is 27.7 Å².